The second kappa shape index (κ2) is 5.96. The van der Waals surface area contributed by atoms with Crippen LogP contribution < -0.4 is 5.32 Å². The number of hydrogen-bond acceptors (Lipinski definition) is 2. The van der Waals surface area contributed by atoms with Crippen molar-refractivity contribution in [3.8, 4) is 0 Å². The van der Waals surface area contributed by atoms with Gasteiger partial charge in [-0.25, -0.2) is 4.39 Å². The molecule has 0 radical (unpaired) electrons. The Hall–Kier alpha value is -1.71. The minimum atomic E-state index is -0.148. The quantitative estimate of drug-likeness (QED) is 0.711. The average Bonchev–Trinajstić information content (AvgIpc) is 2.91. The normalized spacial score (nSPS) is 12.7. The van der Waals surface area contributed by atoms with E-state index in [0.717, 1.165) is 12.1 Å². The van der Waals surface area contributed by atoms with Crippen molar-refractivity contribution in [2.24, 2.45) is 0 Å². The van der Waals surface area contributed by atoms with Gasteiger partial charge in [-0.3, -0.25) is 0 Å². The molecule has 0 saturated heterocycles. The first-order chi connectivity index (χ1) is 10.2. The van der Waals surface area contributed by atoms with Gasteiger partial charge in [0.1, 0.15) is 5.82 Å². The van der Waals surface area contributed by atoms with Crippen molar-refractivity contribution in [2.75, 3.05) is 6.54 Å². The molecular weight excluding hydrogens is 281 g/mol. The Morgan fingerprint density at radius 3 is 2.67 bits per heavy atom. The Labute approximate surface area is 128 Å². The minimum Gasteiger partial charge on any atom is -0.306 e. The van der Waals surface area contributed by atoms with Crippen LogP contribution in [0.15, 0.2) is 48.5 Å². The van der Waals surface area contributed by atoms with Crippen molar-refractivity contribution in [1.29, 1.82) is 0 Å². The molecule has 108 valence electrons. The van der Waals surface area contributed by atoms with Crippen LogP contribution >= 0.6 is 11.3 Å². The molecule has 3 aromatic rings. The molecule has 0 saturated carbocycles. The molecular formula is C18H18FNS. The van der Waals surface area contributed by atoms with Gasteiger partial charge in [-0.15, -0.1) is 11.3 Å². The number of thiophene rings is 1. The van der Waals surface area contributed by atoms with Gasteiger partial charge in [-0.1, -0.05) is 37.3 Å². The van der Waals surface area contributed by atoms with Crippen LogP contribution in [0, 0.1) is 12.7 Å². The zero-order valence-electron chi connectivity index (χ0n) is 12.2. The van der Waals surface area contributed by atoms with Crippen molar-refractivity contribution >= 4 is 21.4 Å². The number of halogens is 1. The number of aryl methyl sites for hydroxylation is 1. The molecule has 1 heterocycles. The van der Waals surface area contributed by atoms with Crippen LogP contribution in [0.1, 0.15) is 29.0 Å². The SMILES string of the molecule is CCNC(c1ccc(F)c(C)c1)c1cc2ccccc2s1. The van der Waals surface area contributed by atoms with Gasteiger partial charge in [0, 0.05) is 9.58 Å². The van der Waals surface area contributed by atoms with E-state index in [4.69, 9.17) is 0 Å². The lowest BCUT2D eigenvalue weighted by molar-refractivity contribution is 0.609. The molecule has 1 nitrogen and oxygen atoms in total. The van der Waals surface area contributed by atoms with Crippen LogP contribution in [0.25, 0.3) is 10.1 Å². The van der Waals surface area contributed by atoms with Gasteiger partial charge in [-0.05, 0) is 48.2 Å². The molecule has 0 aliphatic carbocycles. The van der Waals surface area contributed by atoms with Crippen molar-refractivity contribution in [1.82, 2.24) is 5.32 Å². The van der Waals surface area contributed by atoms with Crippen molar-refractivity contribution in [3.63, 3.8) is 0 Å². The van der Waals surface area contributed by atoms with Crippen LogP contribution in [0.4, 0.5) is 4.39 Å². The van der Waals surface area contributed by atoms with Crippen LogP contribution in [0.5, 0.6) is 0 Å². The molecule has 1 N–H and O–H groups in total. The summed E-state index contributed by atoms with van der Waals surface area (Å²) >= 11 is 1.79. The first kappa shape index (κ1) is 14.2. The zero-order valence-corrected chi connectivity index (χ0v) is 13.0. The average molecular weight is 299 g/mol. The molecule has 1 unspecified atom stereocenters. The lowest BCUT2D eigenvalue weighted by Crippen LogP contribution is -2.21. The predicted molar refractivity (Wildman–Crippen MR) is 88.5 cm³/mol. The third-order valence-electron chi connectivity index (χ3n) is 3.65. The summed E-state index contributed by atoms with van der Waals surface area (Å²) in [4.78, 5) is 1.27. The van der Waals surface area contributed by atoms with Crippen molar-refractivity contribution in [2.45, 2.75) is 19.9 Å². The molecule has 0 bridgehead atoms. The van der Waals surface area contributed by atoms with Gasteiger partial charge < -0.3 is 5.32 Å². The summed E-state index contributed by atoms with van der Waals surface area (Å²) < 4.78 is 14.8. The summed E-state index contributed by atoms with van der Waals surface area (Å²) in [6.07, 6.45) is 0. The fraction of sp³-hybridized carbons (Fsp3) is 0.222. The second-order valence-corrected chi connectivity index (χ2v) is 6.30. The van der Waals surface area contributed by atoms with E-state index in [-0.39, 0.29) is 11.9 Å². The topological polar surface area (TPSA) is 12.0 Å². The highest BCUT2D eigenvalue weighted by Gasteiger charge is 2.16. The second-order valence-electron chi connectivity index (χ2n) is 5.19. The summed E-state index contributed by atoms with van der Waals surface area (Å²) in [6.45, 7) is 4.78. The van der Waals surface area contributed by atoms with Crippen LogP contribution in [-0.2, 0) is 0 Å². The highest BCUT2D eigenvalue weighted by atomic mass is 32.1. The first-order valence-corrected chi connectivity index (χ1v) is 7.98. The molecule has 1 aromatic heterocycles. The summed E-state index contributed by atoms with van der Waals surface area (Å²) in [5, 5.41) is 4.77. The summed E-state index contributed by atoms with van der Waals surface area (Å²) in [6, 6.07) is 16.1. The van der Waals surface area contributed by atoms with E-state index in [0.29, 0.717) is 5.56 Å². The minimum absolute atomic E-state index is 0.117. The highest BCUT2D eigenvalue weighted by Crippen LogP contribution is 2.33. The van der Waals surface area contributed by atoms with E-state index in [2.05, 4.69) is 42.6 Å². The third-order valence-corrected chi connectivity index (χ3v) is 4.83. The van der Waals surface area contributed by atoms with E-state index in [9.17, 15) is 4.39 Å². The molecule has 0 fully saturated rings. The maximum Gasteiger partial charge on any atom is 0.126 e. The predicted octanol–water partition coefficient (Wildman–Crippen LogP) is 5.05. The van der Waals surface area contributed by atoms with Crippen LogP contribution in [-0.4, -0.2) is 6.54 Å². The number of hydrogen-bond donors (Lipinski definition) is 1. The fourth-order valence-electron chi connectivity index (χ4n) is 2.58. The fourth-order valence-corrected chi connectivity index (χ4v) is 3.75. The number of fused-ring (bicyclic) bond motifs is 1. The van der Waals surface area contributed by atoms with E-state index >= 15 is 0 Å². The van der Waals surface area contributed by atoms with E-state index in [1.807, 2.05) is 19.1 Å². The van der Waals surface area contributed by atoms with Gasteiger partial charge in [0.25, 0.3) is 0 Å². The summed E-state index contributed by atoms with van der Waals surface area (Å²) in [7, 11) is 0. The number of benzene rings is 2. The Morgan fingerprint density at radius 2 is 1.95 bits per heavy atom. The molecule has 3 heteroatoms. The largest absolute Gasteiger partial charge is 0.306 e. The first-order valence-electron chi connectivity index (χ1n) is 7.17. The Kier molecular flexibility index (Phi) is 4.04. The highest BCUT2D eigenvalue weighted by molar-refractivity contribution is 7.19. The Balaban J connectivity index is 2.05. The summed E-state index contributed by atoms with van der Waals surface area (Å²) in [5.74, 6) is -0.148. The van der Waals surface area contributed by atoms with Crippen molar-refractivity contribution < 1.29 is 4.39 Å². The lowest BCUT2D eigenvalue weighted by Gasteiger charge is -2.17. The van der Waals surface area contributed by atoms with Crippen LogP contribution in [0.2, 0.25) is 0 Å². The summed E-state index contributed by atoms with van der Waals surface area (Å²) in [5.41, 5.74) is 1.80. The molecule has 2 aromatic carbocycles. The molecule has 3 rings (SSSR count). The van der Waals surface area contributed by atoms with E-state index in [1.54, 1.807) is 17.4 Å². The van der Waals surface area contributed by atoms with Crippen LogP contribution in [0.3, 0.4) is 0 Å². The molecule has 0 spiro atoms. The molecule has 0 aliphatic rings. The lowest BCUT2D eigenvalue weighted by atomic mass is 10.0. The molecule has 0 aliphatic heterocycles. The smallest absolute Gasteiger partial charge is 0.126 e. The standard InChI is InChI=1S/C18H18FNS/c1-3-20-18(14-8-9-15(19)12(2)10-14)17-11-13-6-4-5-7-16(13)21-17/h4-11,18,20H,3H2,1-2H3. The number of rotatable bonds is 4. The number of nitrogens with one attached hydrogen (secondary N) is 1. The van der Waals surface area contributed by atoms with Gasteiger partial charge in [-0.2, -0.15) is 0 Å². The maximum atomic E-state index is 13.5. The molecule has 1 atom stereocenters. The molecule has 21 heavy (non-hydrogen) atoms. The Bertz CT molecular complexity index is 730. The van der Waals surface area contributed by atoms with Gasteiger partial charge in [0.15, 0.2) is 0 Å². The van der Waals surface area contributed by atoms with Gasteiger partial charge in [0.2, 0.25) is 0 Å². The van der Waals surface area contributed by atoms with E-state index in [1.165, 1.54) is 15.0 Å². The van der Waals surface area contributed by atoms with Gasteiger partial charge >= 0.3 is 0 Å². The Morgan fingerprint density at radius 1 is 1.14 bits per heavy atom. The van der Waals surface area contributed by atoms with Gasteiger partial charge in [0.05, 0.1) is 6.04 Å². The van der Waals surface area contributed by atoms with Crippen molar-refractivity contribution in [3.05, 3.63) is 70.4 Å². The third kappa shape index (κ3) is 2.85. The molecule has 0 amide bonds. The monoisotopic (exact) mass is 299 g/mol. The zero-order chi connectivity index (χ0) is 14.8. The van der Waals surface area contributed by atoms with E-state index < -0.39 is 0 Å². The maximum absolute atomic E-state index is 13.5.